The normalized spacial score (nSPS) is 24.4. The summed E-state index contributed by atoms with van der Waals surface area (Å²) in [5, 5.41) is 6.06. The summed E-state index contributed by atoms with van der Waals surface area (Å²) in [4.78, 5) is 12.5. The van der Waals surface area contributed by atoms with E-state index in [1.807, 2.05) is 0 Å². The first-order valence-corrected chi connectivity index (χ1v) is 9.31. The van der Waals surface area contributed by atoms with Crippen LogP contribution in [0, 0.1) is 11.3 Å². The fraction of sp³-hybridized carbons (Fsp3) is 0.929. The number of hydrogen-bond donors (Lipinski definition) is 2. The van der Waals surface area contributed by atoms with Gasteiger partial charge in [-0.1, -0.05) is 13.8 Å². The van der Waals surface area contributed by atoms with Crippen LogP contribution in [-0.4, -0.2) is 45.0 Å². The standard InChI is InChI=1S/C14H26N2O3S/c1-11(2)13(4-5-13)10-16-12(17)14(20(3,18)19)6-8-15-9-7-14/h11,15H,4-10H2,1-3H3,(H,16,17). The number of hydrogen-bond acceptors (Lipinski definition) is 4. The fourth-order valence-corrected chi connectivity index (χ4v) is 4.49. The van der Waals surface area contributed by atoms with Crippen LogP contribution in [-0.2, 0) is 14.6 Å². The lowest BCUT2D eigenvalue weighted by molar-refractivity contribution is -0.124. The molecule has 1 amide bonds. The molecule has 2 aliphatic rings. The van der Waals surface area contributed by atoms with E-state index >= 15 is 0 Å². The summed E-state index contributed by atoms with van der Waals surface area (Å²) < 4.78 is 23.0. The molecule has 1 saturated carbocycles. The Bertz CT molecular complexity index is 475. The molecule has 0 aromatic heterocycles. The van der Waals surface area contributed by atoms with Gasteiger partial charge in [-0.15, -0.1) is 0 Å². The van der Waals surface area contributed by atoms with Crippen molar-refractivity contribution in [2.75, 3.05) is 25.9 Å². The van der Waals surface area contributed by atoms with Crippen LogP contribution in [0.1, 0.15) is 39.5 Å². The molecule has 20 heavy (non-hydrogen) atoms. The number of rotatable bonds is 5. The molecule has 0 bridgehead atoms. The third-order valence-corrected chi connectivity index (χ3v) is 7.27. The minimum atomic E-state index is -3.41. The number of piperidine rings is 1. The number of nitrogens with one attached hydrogen (secondary N) is 2. The van der Waals surface area contributed by atoms with Crippen molar-refractivity contribution in [1.82, 2.24) is 10.6 Å². The van der Waals surface area contributed by atoms with Crippen LogP contribution in [0.25, 0.3) is 0 Å². The van der Waals surface area contributed by atoms with E-state index in [1.54, 1.807) is 0 Å². The van der Waals surface area contributed by atoms with E-state index in [2.05, 4.69) is 24.5 Å². The molecule has 0 aromatic rings. The molecule has 6 heteroatoms. The Morgan fingerprint density at radius 1 is 1.20 bits per heavy atom. The first-order valence-electron chi connectivity index (χ1n) is 7.42. The lowest BCUT2D eigenvalue weighted by Gasteiger charge is -2.35. The summed E-state index contributed by atoms with van der Waals surface area (Å²) in [6, 6.07) is 0. The topological polar surface area (TPSA) is 75.3 Å². The Kier molecular flexibility index (Phi) is 4.17. The summed E-state index contributed by atoms with van der Waals surface area (Å²) in [7, 11) is -3.41. The Morgan fingerprint density at radius 2 is 1.75 bits per heavy atom. The van der Waals surface area contributed by atoms with E-state index in [4.69, 9.17) is 0 Å². The van der Waals surface area contributed by atoms with Crippen LogP contribution in [0.3, 0.4) is 0 Å². The Hall–Kier alpha value is -0.620. The van der Waals surface area contributed by atoms with Crippen LogP contribution >= 0.6 is 0 Å². The summed E-state index contributed by atoms with van der Waals surface area (Å²) >= 11 is 0. The third-order valence-electron chi connectivity index (χ3n) is 5.25. The molecule has 1 saturated heterocycles. The highest BCUT2D eigenvalue weighted by Gasteiger charge is 2.51. The average Bonchev–Trinajstić information content (AvgIpc) is 3.16. The van der Waals surface area contributed by atoms with E-state index in [0.717, 1.165) is 12.8 Å². The van der Waals surface area contributed by atoms with E-state index in [-0.39, 0.29) is 11.3 Å². The lowest BCUT2D eigenvalue weighted by atomic mass is 9.91. The van der Waals surface area contributed by atoms with Crippen LogP contribution in [0.5, 0.6) is 0 Å². The predicted octanol–water partition coefficient (Wildman–Crippen LogP) is 0.706. The Balaban J connectivity index is 2.09. The van der Waals surface area contributed by atoms with Gasteiger partial charge in [0.15, 0.2) is 14.6 Å². The molecule has 2 fully saturated rings. The smallest absolute Gasteiger partial charge is 0.241 e. The molecule has 0 spiro atoms. The molecule has 2 rings (SSSR count). The summed E-state index contributed by atoms with van der Waals surface area (Å²) in [5.74, 6) is 0.221. The van der Waals surface area contributed by atoms with Crippen LogP contribution < -0.4 is 10.6 Å². The number of carbonyl (C=O) groups is 1. The predicted molar refractivity (Wildman–Crippen MR) is 79.2 cm³/mol. The minimum absolute atomic E-state index is 0.196. The van der Waals surface area contributed by atoms with Gasteiger partial charge in [-0.05, 0) is 50.1 Å². The van der Waals surface area contributed by atoms with Gasteiger partial charge in [0.2, 0.25) is 5.91 Å². The molecule has 0 atom stereocenters. The van der Waals surface area contributed by atoms with Gasteiger partial charge >= 0.3 is 0 Å². The van der Waals surface area contributed by atoms with Crippen molar-refractivity contribution >= 4 is 15.7 Å². The average molecular weight is 302 g/mol. The maximum Gasteiger partial charge on any atom is 0.241 e. The highest BCUT2D eigenvalue weighted by Crippen LogP contribution is 2.51. The molecule has 2 N–H and O–H groups in total. The maximum atomic E-state index is 12.5. The van der Waals surface area contributed by atoms with Gasteiger partial charge in [-0.2, -0.15) is 0 Å². The second kappa shape index (κ2) is 5.30. The van der Waals surface area contributed by atoms with Gasteiger partial charge in [0.05, 0.1) is 0 Å². The number of carbonyl (C=O) groups excluding carboxylic acids is 1. The van der Waals surface area contributed by atoms with Crippen molar-refractivity contribution in [3.05, 3.63) is 0 Å². The van der Waals surface area contributed by atoms with E-state index in [9.17, 15) is 13.2 Å². The minimum Gasteiger partial charge on any atom is -0.354 e. The van der Waals surface area contributed by atoms with E-state index < -0.39 is 14.6 Å². The monoisotopic (exact) mass is 302 g/mol. The van der Waals surface area contributed by atoms with Crippen LogP contribution in [0.4, 0.5) is 0 Å². The first kappa shape index (κ1) is 15.8. The Morgan fingerprint density at radius 3 is 2.15 bits per heavy atom. The highest BCUT2D eigenvalue weighted by atomic mass is 32.2. The van der Waals surface area contributed by atoms with Crippen molar-refractivity contribution in [3.63, 3.8) is 0 Å². The van der Waals surface area contributed by atoms with Crippen LogP contribution in [0.15, 0.2) is 0 Å². The molecule has 1 heterocycles. The van der Waals surface area contributed by atoms with Gasteiger partial charge in [0.1, 0.15) is 0 Å². The summed E-state index contributed by atoms with van der Waals surface area (Å²) in [6.07, 6.45) is 4.17. The first-order chi connectivity index (χ1) is 9.24. The zero-order valence-electron chi connectivity index (χ0n) is 12.7. The van der Waals surface area contributed by atoms with Crippen molar-refractivity contribution in [1.29, 1.82) is 0 Å². The van der Waals surface area contributed by atoms with Gasteiger partial charge in [-0.3, -0.25) is 4.79 Å². The molecule has 0 aromatic carbocycles. The molecular weight excluding hydrogens is 276 g/mol. The number of amides is 1. The van der Waals surface area contributed by atoms with Gasteiger partial charge < -0.3 is 10.6 Å². The number of sulfone groups is 1. The SMILES string of the molecule is CC(C)C1(CNC(=O)C2(S(C)(=O)=O)CCNCC2)CC1. The van der Waals surface area contributed by atoms with E-state index in [1.165, 1.54) is 6.26 Å². The highest BCUT2D eigenvalue weighted by molar-refractivity contribution is 7.92. The molecule has 1 aliphatic carbocycles. The van der Waals surface area contributed by atoms with Crippen molar-refractivity contribution in [2.45, 2.75) is 44.3 Å². The van der Waals surface area contributed by atoms with Gasteiger partial charge in [-0.25, -0.2) is 8.42 Å². The van der Waals surface area contributed by atoms with Gasteiger partial charge in [0, 0.05) is 12.8 Å². The summed E-state index contributed by atoms with van der Waals surface area (Å²) in [6.45, 7) is 6.09. The Labute approximate surface area is 121 Å². The van der Waals surface area contributed by atoms with E-state index in [0.29, 0.717) is 38.4 Å². The van der Waals surface area contributed by atoms with Crippen molar-refractivity contribution in [2.24, 2.45) is 11.3 Å². The molecular formula is C14H26N2O3S. The molecule has 0 radical (unpaired) electrons. The quantitative estimate of drug-likeness (QED) is 0.784. The molecule has 0 unspecified atom stereocenters. The second-order valence-corrected chi connectivity index (χ2v) is 9.04. The van der Waals surface area contributed by atoms with Crippen molar-refractivity contribution in [3.8, 4) is 0 Å². The lowest BCUT2D eigenvalue weighted by Crippen LogP contribution is -2.58. The zero-order valence-corrected chi connectivity index (χ0v) is 13.5. The largest absolute Gasteiger partial charge is 0.354 e. The molecule has 1 aliphatic heterocycles. The van der Waals surface area contributed by atoms with Crippen molar-refractivity contribution < 1.29 is 13.2 Å². The maximum absolute atomic E-state index is 12.5. The summed E-state index contributed by atoms with van der Waals surface area (Å²) in [5.41, 5.74) is 0.196. The third kappa shape index (κ3) is 2.72. The van der Waals surface area contributed by atoms with Crippen LogP contribution in [0.2, 0.25) is 0 Å². The fourth-order valence-electron chi connectivity index (χ4n) is 3.13. The second-order valence-electron chi connectivity index (χ2n) is 6.72. The van der Waals surface area contributed by atoms with Gasteiger partial charge in [0.25, 0.3) is 0 Å². The molecule has 116 valence electrons. The molecule has 5 nitrogen and oxygen atoms in total. The zero-order chi connectivity index (χ0) is 15.0.